The Kier molecular flexibility index (Phi) is 4.28. The molecule has 1 rings (SSSR count). The first-order chi connectivity index (χ1) is 7.50. The van der Waals surface area contributed by atoms with Crippen molar-refractivity contribution in [3.63, 3.8) is 0 Å². The fourth-order valence-electron chi connectivity index (χ4n) is 1.29. The van der Waals surface area contributed by atoms with Crippen LogP contribution in [0.25, 0.3) is 0 Å². The second-order valence-electron chi connectivity index (χ2n) is 3.59. The molecule has 0 bridgehead atoms. The Labute approximate surface area is 93.5 Å². The van der Waals surface area contributed by atoms with Crippen molar-refractivity contribution in [3.05, 3.63) is 41.2 Å². The molecule has 1 aromatic rings. The molecule has 4 heteroatoms. The van der Waals surface area contributed by atoms with Crippen LogP contribution in [0.15, 0.2) is 24.4 Å². The molecule has 0 radical (unpaired) electrons. The molecule has 0 unspecified atom stereocenters. The van der Waals surface area contributed by atoms with Gasteiger partial charge < -0.3 is 5.41 Å². The summed E-state index contributed by atoms with van der Waals surface area (Å²) in [6.07, 6.45) is 1.75. The molecule has 0 amide bonds. The quantitative estimate of drug-likeness (QED) is 0.783. The lowest BCUT2D eigenvalue weighted by Crippen LogP contribution is -2.01. The van der Waals surface area contributed by atoms with Gasteiger partial charge in [0.25, 0.3) is 0 Å². The number of nitrogens with zero attached hydrogens (tertiary/aromatic N) is 1. The number of hydrogen-bond acceptors (Lipinski definition) is 2. The van der Waals surface area contributed by atoms with E-state index in [1.165, 1.54) is 12.2 Å². The lowest BCUT2D eigenvalue weighted by Gasteiger charge is -2.04. The highest BCUT2D eigenvalue weighted by atomic mass is 19.3. The largest absolute Gasteiger partial charge is 0.300 e. The molecule has 16 heavy (non-hydrogen) atoms. The molecule has 86 valence electrons. The van der Waals surface area contributed by atoms with Crippen LogP contribution in [0.2, 0.25) is 0 Å². The Balaban J connectivity index is 2.80. The van der Waals surface area contributed by atoms with Crippen LogP contribution >= 0.6 is 0 Å². The van der Waals surface area contributed by atoms with Crippen LogP contribution in [-0.4, -0.2) is 17.1 Å². The normalized spacial score (nSPS) is 11.3. The van der Waals surface area contributed by atoms with E-state index in [1.807, 2.05) is 13.0 Å². The van der Waals surface area contributed by atoms with Gasteiger partial charge in [-0.25, -0.2) is 8.78 Å². The molecule has 1 heterocycles. The maximum atomic E-state index is 11.9. The maximum absolute atomic E-state index is 11.9. The number of aryl methyl sites for hydroxylation is 2. The Morgan fingerprint density at radius 1 is 1.50 bits per heavy atom. The molecular formula is C12H14F2N2. The van der Waals surface area contributed by atoms with Gasteiger partial charge in [0.05, 0.1) is 5.71 Å². The third kappa shape index (κ3) is 3.53. The molecule has 0 aliphatic heterocycles. The first-order valence-corrected chi connectivity index (χ1v) is 4.97. The van der Waals surface area contributed by atoms with Crippen LogP contribution in [0.1, 0.15) is 23.2 Å². The van der Waals surface area contributed by atoms with Gasteiger partial charge in [-0.3, -0.25) is 4.98 Å². The van der Waals surface area contributed by atoms with Crippen molar-refractivity contribution < 1.29 is 8.78 Å². The summed E-state index contributed by atoms with van der Waals surface area (Å²) in [6, 6.07) is 1.83. The maximum Gasteiger partial charge on any atom is 0.242 e. The Hall–Kier alpha value is -1.58. The molecule has 0 atom stereocenters. The van der Waals surface area contributed by atoms with Crippen molar-refractivity contribution in [3.8, 4) is 0 Å². The van der Waals surface area contributed by atoms with Gasteiger partial charge in [-0.15, -0.1) is 0 Å². The SMILES string of the molecule is Cc1cnc(C)c(C(=N)/C=C\CC(F)F)c1. The summed E-state index contributed by atoms with van der Waals surface area (Å²) in [5.74, 6) is 0. The first kappa shape index (κ1) is 12.5. The van der Waals surface area contributed by atoms with Gasteiger partial charge in [0.15, 0.2) is 0 Å². The van der Waals surface area contributed by atoms with E-state index >= 15 is 0 Å². The molecule has 0 aromatic carbocycles. The number of aromatic nitrogens is 1. The number of nitrogens with one attached hydrogen (secondary N) is 1. The summed E-state index contributed by atoms with van der Waals surface area (Å²) in [5, 5.41) is 7.74. The van der Waals surface area contributed by atoms with Crippen LogP contribution in [0.5, 0.6) is 0 Å². The number of allylic oxidation sites excluding steroid dienone is 2. The van der Waals surface area contributed by atoms with Gasteiger partial charge >= 0.3 is 0 Å². The Morgan fingerprint density at radius 3 is 2.81 bits per heavy atom. The smallest absolute Gasteiger partial charge is 0.242 e. The highest BCUT2D eigenvalue weighted by Gasteiger charge is 2.04. The van der Waals surface area contributed by atoms with Crippen LogP contribution in [0.3, 0.4) is 0 Å². The molecule has 0 spiro atoms. The average Bonchev–Trinajstić information content (AvgIpc) is 2.21. The molecule has 0 aliphatic carbocycles. The van der Waals surface area contributed by atoms with Crippen LogP contribution in [-0.2, 0) is 0 Å². The number of halogens is 2. The van der Waals surface area contributed by atoms with E-state index in [4.69, 9.17) is 5.41 Å². The van der Waals surface area contributed by atoms with E-state index < -0.39 is 6.43 Å². The molecule has 1 aromatic heterocycles. The van der Waals surface area contributed by atoms with Crippen LogP contribution in [0.4, 0.5) is 8.78 Å². The summed E-state index contributed by atoms with van der Waals surface area (Å²) in [6.45, 7) is 3.68. The van der Waals surface area contributed by atoms with Crippen molar-refractivity contribution in [2.24, 2.45) is 0 Å². The van der Waals surface area contributed by atoms with E-state index in [0.717, 1.165) is 11.3 Å². The second-order valence-corrected chi connectivity index (χ2v) is 3.59. The highest BCUT2D eigenvalue weighted by molar-refractivity contribution is 6.07. The minimum absolute atomic E-state index is 0.217. The predicted molar refractivity (Wildman–Crippen MR) is 60.3 cm³/mol. The Morgan fingerprint density at radius 2 is 2.19 bits per heavy atom. The summed E-state index contributed by atoms with van der Waals surface area (Å²) in [7, 11) is 0. The van der Waals surface area contributed by atoms with Crippen molar-refractivity contribution in [2.75, 3.05) is 0 Å². The minimum atomic E-state index is -2.36. The molecular weight excluding hydrogens is 210 g/mol. The van der Waals surface area contributed by atoms with Gasteiger partial charge in [-0.2, -0.15) is 0 Å². The third-order valence-electron chi connectivity index (χ3n) is 2.11. The molecule has 0 saturated heterocycles. The zero-order chi connectivity index (χ0) is 12.1. The van der Waals surface area contributed by atoms with Crippen molar-refractivity contribution in [2.45, 2.75) is 26.7 Å². The van der Waals surface area contributed by atoms with E-state index in [-0.39, 0.29) is 12.1 Å². The van der Waals surface area contributed by atoms with Gasteiger partial charge in [-0.1, -0.05) is 6.08 Å². The molecule has 0 fully saturated rings. The van der Waals surface area contributed by atoms with Gasteiger partial charge in [-0.05, 0) is 31.6 Å². The number of alkyl halides is 2. The molecule has 0 saturated carbocycles. The number of rotatable bonds is 4. The van der Waals surface area contributed by atoms with Crippen molar-refractivity contribution in [1.29, 1.82) is 5.41 Å². The summed E-state index contributed by atoms with van der Waals surface area (Å²) >= 11 is 0. The lowest BCUT2D eigenvalue weighted by atomic mass is 10.1. The van der Waals surface area contributed by atoms with Gasteiger partial charge in [0.2, 0.25) is 6.43 Å². The zero-order valence-corrected chi connectivity index (χ0v) is 9.30. The fraction of sp³-hybridized carbons (Fsp3) is 0.333. The van der Waals surface area contributed by atoms with Crippen molar-refractivity contribution in [1.82, 2.24) is 4.98 Å². The number of hydrogen-bond donors (Lipinski definition) is 1. The molecule has 0 aliphatic rings. The Bertz CT molecular complexity index is 411. The van der Waals surface area contributed by atoms with E-state index in [1.54, 1.807) is 13.1 Å². The monoisotopic (exact) mass is 224 g/mol. The van der Waals surface area contributed by atoms with E-state index in [0.29, 0.717) is 5.56 Å². The summed E-state index contributed by atoms with van der Waals surface area (Å²) in [5.41, 5.74) is 2.59. The average molecular weight is 224 g/mol. The summed E-state index contributed by atoms with van der Waals surface area (Å²) in [4.78, 5) is 4.12. The fourth-order valence-corrected chi connectivity index (χ4v) is 1.29. The van der Waals surface area contributed by atoms with E-state index in [9.17, 15) is 8.78 Å². The van der Waals surface area contributed by atoms with Crippen LogP contribution in [0, 0.1) is 19.3 Å². The van der Waals surface area contributed by atoms with Gasteiger partial charge in [0, 0.05) is 23.9 Å². The summed E-state index contributed by atoms with van der Waals surface area (Å²) < 4.78 is 23.8. The highest BCUT2D eigenvalue weighted by Crippen LogP contribution is 2.09. The third-order valence-corrected chi connectivity index (χ3v) is 2.11. The predicted octanol–water partition coefficient (Wildman–Crippen LogP) is 3.28. The minimum Gasteiger partial charge on any atom is -0.300 e. The zero-order valence-electron chi connectivity index (χ0n) is 9.30. The first-order valence-electron chi connectivity index (χ1n) is 4.97. The molecule has 2 nitrogen and oxygen atoms in total. The van der Waals surface area contributed by atoms with E-state index in [2.05, 4.69) is 4.98 Å². The number of pyridine rings is 1. The van der Waals surface area contributed by atoms with Crippen molar-refractivity contribution >= 4 is 5.71 Å². The van der Waals surface area contributed by atoms with Crippen LogP contribution < -0.4 is 0 Å². The topological polar surface area (TPSA) is 36.7 Å². The molecule has 1 N–H and O–H groups in total. The standard InChI is InChI=1S/C12H14F2N2/c1-8-6-10(9(2)16-7-8)11(15)4-3-5-12(13)14/h3-4,6-7,12,15H,5H2,1-2H3/b4-3-,15-11?. The lowest BCUT2D eigenvalue weighted by molar-refractivity contribution is 0.152. The second kappa shape index (κ2) is 5.49. The van der Waals surface area contributed by atoms with Gasteiger partial charge in [0.1, 0.15) is 0 Å².